The van der Waals surface area contributed by atoms with E-state index in [2.05, 4.69) is 22.4 Å². The number of hydrogen-bond acceptors (Lipinski definition) is 7. The number of aldehydes is 1. The van der Waals surface area contributed by atoms with E-state index in [1.807, 2.05) is 30.9 Å². The number of amides is 2. The lowest BCUT2D eigenvalue weighted by molar-refractivity contribution is -0.132. The predicted molar refractivity (Wildman–Crippen MR) is 156 cm³/mol. The lowest BCUT2D eigenvalue weighted by Gasteiger charge is -2.61. The second-order valence-electron chi connectivity index (χ2n) is 12.4. The molecule has 0 spiro atoms. The van der Waals surface area contributed by atoms with Crippen LogP contribution in [0, 0.1) is 19.8 Å². The fourth-order valence-corrected chi connectivity index (χ4v) is 6.97. The molecule has 2 saturated heterocycles. The number of rotatable bonds is 6. The van der Waals surface area contributed by atoms with E-state index in [1.165, 1.54) is 0 Å². The van der Waals surface area contributed by atoms with Crippen LogP contribution >= 0.6 is 0 Å². The maximum atomic E-state index is 12.9. The zero-order valence-corrected chi connectivity index (χ0v) is 24.2. The lowest BCUT2D eigenvalue weighted by Crippen LogP contribution is -2.68. The fourth-order valence-electron chi connectivity index (χ4n) is 6.97. The number of nitrogens with one attached hydrogen (secondary N) is 1. The molecule has 2 aliphatic heterocycles. The van der Waals surface area contributed by atoms with E-state index in [1.54, 1.807) is 29.0 Å². The summed E-state index contributed by atoms with van der Waals surface area (Å²) in [4.78, 5) is 39.7. The van der Waals surface area contributed by atoms with Gasteiger partial charge in [0.25, 0.3) is 5.91 Å². The van der Waals surface area contributed by atoms with Gasteiger partial charge >= 0.3 is 0 Å². The van der Waals surface area contributed by atoms with Gasteiger partial charge in [-0.15, -0.1) is 0 Å². The smallest absolute Gasteiger partial charge is 0.255 e. The van der Waals surface area contributed by atoms with Gasteiger partial charge in [0, 0.05) is 60.9 Å². The molecule has 0 atom stereocenters. The number of fused-ring (bicyclic) bond motifs is 2. The average Bonchev–Trinajstić information content (AvgIpc) is 3.58. The Labute approximate surface area is 243 Å². The maximum Gasteiger partial charge on any atom is 0.255 e. The van der Waals surface area contributed by atoms with Crippen LogP contribution < -0.4 is 10.1 Å². The fraction of sp³-hybridized carbons (Fsp3) is 0.438. The van der Waals surface area contributed by atoms with Crippen LogP contribution in [0.3, 0.4) is 0 Å². The number of aromatic nitrogens is 2. The number of nitrogens with zero attached hydrogens (tertiary/aromatic N) is 4. The van der Waals surface area contributed by atoms with E-state index in [9.17, 15) is 14.4 Å². The van der Waals surface area contributed by atoms with Gasteiger partial charge in [0.15, 0.2) is 12.0 Å². The summed E-state index contributed by atoms with van der Waals surface area (Å²) in [5.74, 6) is 2.86. The number of furan rings is 1. The van der Waals surface area contributed by atoms with Gasteiger partial charge in [-0.2, -0.15) is 5.10 Å². The molecule has 1 aromatic carbocycles. The van der Waals surface area contributed by atoms with Crippen molar-refractivity contribution < 1.29 is 23.5 Å². The molecule has 0 unspecified atom stereocenters. The van der Waals surface area contributed by atoms with Crippen LogP contribution in [0.1, 0.15) is 64.1 Å². The molecule has 5 heterocycles. The van der Waals surface area contributed by atoms with Gasteiger partial charge in [-0.1, -0.05) is 0 Å². The van der Waals surface area contributed by atoms with Gasteiger partial charge in [0.2, 0.25) is 5.91 Å². The molecule has 5 fully saturated rings. The third-order valence-electron chi connectivity index (χ3n) is 9.36. The molecule has 2 bridgehead atoms. The van der Waals surface area contributed by atoms with Crippen molar-refractivity contribution in [2.45, 2.75) is 57.5 Å². The summed E-state index contributed by atoms with van der Waals surface area (Å²) < 4.78 is 13.7. The van der Waals surface area contributed by atoms with Gasteiger partial charge in [-0.05, 0) is 70.2 Å². The summed E-state index contributed by atoms with van der Waals surface area (Å²) in [6.07, 6.45) is 9.24. The first-order valence-corrected chi connectivity index (χ1v) is 14.7. The molecule has 218 valence electrons. The van der Waals surface area contributed by atoms with Gasteiger partial charge in [0.1, 0.15) is 22.6 Å². The molecule has 5 aliphatic rings. The molecule has 4 aromatic rings. The normalized spacial score (nSPS) is 23.2. The third kappa shape index (κ3) is 4.45. The number of likely N-dealkylation sites (tertiary alicyclic amines) is 2. The molecular formula is C32H35N5O5. The minimum absolute atomic E-state index is 0.0169. The molecule has 2 amide bonds. The lowest BCUT2D eigenvalue weighted by atomic mass is 9.50. The van der Waals surface area contributed by atoms with E-state index in [-0.39, 0.29) is 11.4 Å². The van der Waals surface area contributed by atoms with E-state index in [0.717, 1.165) is 80.4 Å². The highest BCUT2D eigenvalue weighted by atomic mass is 16.5. The summed E-state index contributed by atoms with van der Waals surface area (Å²) in [7, 11) is 2.09. The Bertz CT molecular complexity index is 1720. The van der Waals surface area contributed by atoms with Gasteiger partial charge in [-0.25, -0.2) is 4.52 Å². The number of ether oxygens (including phenoxy) is 1. The zero-order valence-electron chi connectivity index (χ0n) is 24.2. The molecule has 10 nitrogen and oxygen atoms in total. The van der Waals surface area contributed by atoms with Crippen molar-refractivity contribution in [2.75, 3.05) is 26.7 Å². The van der Waals surface area contributed by atoms with E-state index in [0.29, 0.717) is 45.9 Å². The molecule has 0 radical (unpaired) electrons. The first-order valence-electron chi connectivity index (χ1n) is 14.7. The molecule has 42 heavy (non-hydrogen) atoms. The van der Waals surface area contributed by atoms with E-state index in [4.69, 9.17) is 9.15 Å². The van der Waals surface area contributed by atoms with Gasteiger partial charge in [0.05, 0.1) is 17.8 Å². The Hall–Kier alpha value is -4.18. The first-order chi connectivity index (χ1) is 20.2. The quantitative estimate of drug-likeness (QED) is 0.341. The monoisotopic (exact) mass is 569 g/mol. The Balaban J connectivity index is 0.000000220. The molecule has 3 aromatic heterocycles. The Morgan fingerprint density at radius 2 is 1.98 bits per heavy atom. The number of hydrogen-bond donors (Lipinski definition) is 1. The third-order valence-corrected chi connectivity index (χ3v) is 9.36. The molecule has 9 rings (SSSR count). The number of likely N-dealkylation sites (N-methyl/N-ethyl adjacent to an activating group) is 1. The van der Waals surface area contributed by atoms with Crippen molar-refractivity contribution in [3.63, 3.8) is 0 Å². The van der Waals surface area contributed by atoms with Crippen LogP contribution in [-0.2, 0) is 4.79 Å². The van der Waals surface area contributed by atoms with Crippen LogP contribution in [0.2, 0.25) is 0 Å². The zero-order chi connectivity index (χ0) is 29.2. The van der Waals surface area contributed by atoms with Crippen molar-refractivity contribution in [2.24, 2.45) is 5.92 Å². The highest BCUT2D eigenvalue weighted by Crippen LogP contribution is 2.57. The highest BCUT2D eigenvalue weighted by Gasteiger charge is 2.57. The van der Waals surface area contributed by atoms with Crippen molar-refractivity contribution in [3.05, 3.63) is 59.1 Å². The Morgan fingerprint density at radius 1 is 1.19 bits per heavy atom. The SMILES string of the molecule is CN1CC(N2CCCC2=O)C1.Cc1oc2cc(Oc3ccnn4cc(C=O)c(C)c34)ccc2c1C(=O)NC12CC(C1)C2. The molecular weight excluding hydrogens is 534 g/mol. The highest BCUT2D eigenvalue weighted by molar-refractivity contribution is 6.07. The van der Waals surface area contributed by atoms with E-state index < -0.39 is 0 Å². The largest absolute Gasteiger partial charge is 0.460 e. The van der Waals surface area contributed by atoms with Crippen molar-refractivity contribution in [1.29, 1.82) is 0 Å². The second kappa shape index (κ2) is 9.97. The van der Waals surface area contributed by atoms with Crippen LogP contribution in [0.25, 0.3) is 16.5 Å². The molecule has 1 N–H and O–H groups in total. The standard InChI is InChI=1S/C24H21N3O4.C8H14N2O/c1-13-16(12-28)11-27-22(13)19(5-6-25-27)31-17-3-4-18-20(7-17)30-14(2)21(18)23(29)26-24-8-15(9-24)10-24;1-9-5-7(6-9)10-4-2-3-8(10)11/h3-7,11-12,15H,8-10H2,1-2H3,(H,26,29);7H,2-6H2,1H3. The Morgan fingerprint density at radius 3 is 2.62 bits per heavy atom. The maximum absolute atomic E-state index is 12.9. The summed E-state index contributed by atoms with van der Waals surface area (Å²) in [5, 5.41) is 8.24. The summed E-state index contributed by atoms with van der Waals surface area (Å²) >= 11 is 0. The number of carbonyl (C=O) groups is 3. The van der Waals surface area contributed by atoms with Gasteiger partial charge in [-0.3, -0.25) is 14.4 Å². The van der Waals surface area contributed by atoms with E-state index >= 15 is 0 Å². The predicted octanol–water partition coefficient (Wildman–Crippen LogP) is 4.51. The average molecular weight is 570 g/mol. The van der Waals surface area contributed by atoms with Crippen LogP contribution in [-0.4, -0.2) is 75.8 Å². The Kier molecular flexibility index (Phi) is 6.34. The van der Waals surface area contributed by atoms with Crippen LogP contribution in [0.15, 0.2) is 41.1 Å². The molecule has 10 heteroatoms. The number of benzene rings is 1. The second-order valence-corrected chi connectivity index (χ2v) is 12.4. The number of carbonyl (C=O) groups excluding carboxylic acids is 3. The summed E-state index contributed by atoms with van der Waals surface area (Å²) in [5.41, 5.74) is 3.32. The number of aryl methyl sites for hydroxylation is 2. The molecule has 3 saturated carbocycles. The van der Waals surface area contributed by atoms with Gasteiger partial charge < -0.3 is 24.3 Å². The molecule has 3 aliphatic carbocycles. The summed E-state index contributed by atoms with van der Waals surface area (Å²) in [6.45, 7) is 6.83. The minimum atomic E-state index is -0.0656. The first kappa shape index (κ1) is 26.7. The van der Waals surface area contributed by atoms with Crippen molar-refractivity contribution in [1.82, 2.24) is 24.7 Å². The van der Waals surface area contributed by atoms with Crippen LogP contribution in [0.5, 0.6) is 11.5 Å². The summed E-state index contributed by atoms with van der Waals surface area (Å²) in [6, 6.07) is 7.77. The van der Waals surface area contributed by atoms with Crippen LogP contribution in [0.4, 0.5) is 0 Å². The van der Waals surface area contributed by atoms with Crippen molar-refractivity contribution >= 4 is 34.6 Å². The van der Waals surface area contributed by atoms with Crippen molar-refractivity contribution in [3.8, 4) is 11.5 Å². The minimum Gasteiger partial charge on any atom is -0.460 e. The topological polar surface area (TPSA) is 109 Å².